The lowest BCUT2D eigenvalue weighted by atomic mass is 9.76. The highest BCUT2D eigenvalue weighted by Crippen LogP contribution is 2.35. The van der Waals surface area contributed by atoms with Gasteiger partial charge in [0.25, 0.3) is 0 Å². The molecule has 0 aromatic carbocycles. The molecular formula is C14H25NO5. The molecule has 0 aromatic rings. The first-order valence-electron chi connectivity index (χ1n) is 7.02. The Hall–Kier alpha value is -1.30. The van der Waals surface area contributed by atoms with E-state index >= 15 is 0 Å². The Bertz CT molecular complexity index is 376. The third-order valence-corrected chi connectivity index (χ3v) is 3.85. The molecule has 1 saturated heterocycles. The number of ether oxygens (including phenoxy) is 1. The van der Waals surface area contributed by atoms with Gasteiger partial charge in [0.15, 0.2) is 0 Å². The van der Waals surface area contributed by atoms with E-state index < -0.39 is 29.2 Å². The van der Waals surface area contributed by atoms with Crippen LogP contribution in [-0.4, -0.2) is 52.0 Å². The number of aliphatic hydroxyl groups is 1. The number of carbonyl (C=O) groups is 2. The van der Waals surface area contributed by atoms with Gasteiger partial charge >= 0.3 is 12.1 Å². The summed E-state index contributed by atoms with van der Waals surface area (Å²) in [4.78, 5) is 25.0. The van der Waals surface area contributed by atoms with E-state index in [1.807, 2.05) is 0 Å². The van der Waals surface area contributed by atoms with Gasteiger partial charge in [-0.15, -0.1) is 0 Å². The molecular weight excluding hydrogens is 262 g/mol. The molecule has 1 aliphatic rings. The standard InChI is InChI=1S/C14H25NO5/c1-5-14(11(17)18)7-9-15(8-6-10(14)16)12(19)20-13(2,3)4/h10,16H,5-9H2,1-4H3,(H,17,18). The molecule has 1 amide bonds. The number of likely N-dealkylation sites (tertiary alicyclic amines) is 1. The maximum atomic E-state index is 12.0. The molecule has 0 radical (unpaired) electrons. The quantitative estimate of drug-likeness (QED) is 0.809. The average molecular weight is 287 g/mol. The molecule has 1 aliphatic heterocycles. The predicted molar refractivity (Wildman–Crippen MR) is 73.4 cm³/mol. The van der Waals surface area contributed by atoms with Gasteiger partial charge in [-0.25, -0.2) is 4.79 Å². The fraction of sp³-hybridized carbons (Fsp3) is 0.857. The van der Waals surface area contributed by atoms with Crippen LogP contribution in [0, 0.1) is 5.41 Å². The SMILES string of the molecule is CCC1(C(=O)O)CCN(C(=O)OC(C)(C)C)CCC1O. The predicted octanol–water partition coefficient (Wildman–Crippen LogP) is 1.86. The van der Waals surface area contributed by atoms with E-state index in [-0.39, 0.29) is 19.4 Å². The number of hydrogen-bond acceptors (Lipinski definition) is 4. The van der Waals surface area contributed by atoms with E-state index in [0.717, 1.165) is 0 Å². The monoisotopic (exact) mass is 287 g/mol. The molecule has 0 aliphatic carbocycles. The van der Waals surface area contributed by atoms with Crippen molar-refractivity contribution in [3.05, 3.63) is 0 Å². The van der Waals surface area contributed by atoms with Crippen LogP contribution in [0.2, 0.25) is 0 Å². The van der Waals surface area contributed by atoms with Gasteiger partial charge in [-0.3, -0.25) is 4.79 Å². The molecule has 1 rings (SSSR count). The Balaban J connectivity index is 2.81. The summed E-state index contributed by atoms with van der Waals surface area (Å²) < 4.78 is 5.29. The molecule has 0 spiro atoms. The third-order valence-electron chi connectivity index (χ3n) is 3.85. The molecule has 1 heterocycles. The van der Waals surface area contributed by atoms with Gasteiger partial charge in [0.05, 0.1) is 11.5 Å². The van der Waals surface area contributed by atoms with Crippen LogP contribution in [0.5, 0.6) is 0 Å². The third kappa shape index (κ3) is 3.62. The lowest BCUT2D eigenvalue weighted by Crippen LogP contribution is -2.42. The summed E-state index contributed by atoms with van der Waals surface area (Å²) in [6.45, 7) is 7.69. The zero-order chi connectivity index (χ0) is 15.6. The van der Waals surface area contributed by atoms with E-state index in [2.05, 4.69) is 0 Å². The Morgan fingerprint density at radius 3 is 2.40 bits per heavy atom. The minimum Gasteiger partial charge on any atom is -0.481 e. The number of aliphatic hydroxyl groups excluding tert-OH is 1. The van der Waals surface area contributed by atoms with Crippen molar-refractivity contribution in [1.29, 1.82) is 0 Å². The molecule has 0 bridgehead atoms. The summed E-state index contributed by atoms with van der Waals surface area (Å²) in [6.07, 6.45) is -0.580. The van der Waals surface area contributed by atoms with Gasteiger partial charge < -0.3 is 19.8 Å². The summed E-state index contributed by atoms with van der Waals surface area (Å²) in [5.41, 5.74) is -1.76. The van der Waals surface area contributed by atoms with Crippen molar-refractivity contribution in [1.82, 2.24) is 4.90 Å². The first-order chi connectivity index (χ1) is 9.12. The highest BCUT2D eigenvalue weighted by atomic mass is 16.6. The maximum Gasteiger partial charge on any atom is 0.410 e. The molecule has 0 saturated carbocycles. The largest absolute Gasteiger partial charge is 0.481 e. The smallest absolute Gasteiger partial charge is 0.410 e. The van der Waals surface area contributed by atoms with E-state index in [0.29, 0.717) is 13.0 Å². The number of nitrogens with zero attached hydrogens (tertiary/aromatic N) is 1. The lowest BCUT2D eigenvalue weighted by Gasteiger charge is -2.31. The van der Waals surface area contributed by atoms with Gasteiger partial charge in [-0.05, 0) is 40.0 Å². The van der Waals surface area contributed by atoms with Gasteiger partial charge in [0.2, 0.25) is 0 Å². The van der Waals surface area contributed by atoms with Gasteiger partial charge in [0, 0.05) is 13.1 Å². The van der Waals surface area contributed by atoms with Crippen molar-refractivity contribution in [3.8, 4) is 0 Å². The van der Waals surface area contributed by atoms with Crippen molar-refractivity contribution in [3.63, 3.8) is 0 Å². The second-order valence-corrected chi connectivity index (χ2v) is 6.34. The minimum absolute atomic E-state index is 0.235. The molecule has 1 fully saturated rings. The highest BCUT2D eigenvalue weighted by molar-refractivity contribution is 5.76. The molecule has 6 nitrogen and oxygen atoms in total. The summed E-state index contributed by atoms with van der Waals surface area (Å²) in [5.74, 6) is -1.00. The number of rotatable bonds is 2. The fourth-order valence-electron chi connectivity index (χ4n) is 2.49. The Morgan fingerprint density at radius 1 is 1.35 bits per heavy atom. The second-order valence-electron chi connectivity index (χ2n) is 6.34. The topological polar surface area (TPSA) is 87.1 Å². The lowest BCUT2D eigenvalue weighted by molar-refractivity contribution is -0.157. The van der Waals surface area contributed by atoms with Crippen LogP contribution in [0.25, 0.3) is 0 Å². The summed E-state index contributed by atoms with van der Waals surface area (Å²) >= 11 is 0. The van der Waals surface area contributed by atoms with Crippen LogP contribution in [-0.2, 0) is 9.53 Å². The van der Waals surface area contributed by atoms with Crippen molar-refractivity contribution in [2.45, 2.75) is 58.7 Å². The number of hydrogen-bond donors (Lipinski definition) is 2. The van der Waals surface area contributed by atoms with Crippen molar-refractivity contribution in [2.24, 2.45) is 5.41 Å². The minimum atomic E-state index is -1.17. The van der Waals surface area contributed by atoms with Crippen molar-refractivity contribution < 1.29 is 24.5 Å². The maximum absolute atomic E-state index is 12.0. The Kier molecular flexibility index (Phi) is 5.02. The summed E-state index contributed by atoms with van der Waals surface area (Å²) in [6, 6.07) is 0. The summed E-state index contributed by atoms with van der Waals surface area (Å²) in [7, 11) is 0. The fourth-order valence-corrected chi connectivity index (χ4v) is 2.49. The van der Waals surface area contributed by atoms with Crippen LogP contribution in [0.1, 0.15) is 47.0 Å². The van der Waals surface area contributed by atoms with E-state index in [1.165, 1.54) is 4.90 Å². The first kappa shape index (κ1) is 16.8. The zero-order valence-electron chi connectivity index (χ0n) is 12.7. The molecule has 2 N–H and O–H groups in total. The zero-order valence-corrected chi connectivity index (χ0v) is 12.7. The molecule has 116 valence electrons. The van der Waals surface area contributed by atoms with Crippen LogP contribution in [0.3, 0.4) is 0 Å². The van der Waals surface area contributed by atoms with E-state index in [4.69, 9.17) is 4.74 Å². The van der Waals surface area contributed by atoms with E-state index in [1.54, 1.807) is 27.7 Å². The first-order valence-corrected chi connectivity index (χ1v) is 7.02. The van der Waals surface area contributed by atoms with Gasteiger partial charge in [-0.1, -0.05) is 6.92 Å². The summed E-state index contributed by atoms with van der Waals surface area (Å²) in [5, 5.41) is 19.5. The number of aliphatic carboxylic acids is 1. The van der Waals surface area contributed by atoms with Gasteiger partial charge in [-0.2, -0.15) is 0 Å². The van der Waals surface area contributed by atoms with Crippen LogP contribution >= 0.6 is 0 Å². The van der Waals surface area contributed by atoms with Gasteiger partial charge in [0.1, 0.15) is 5.60 Å². The molecule has 6 heteroatoms. The second kappa shape index (κ2) is 5.99. The Morgan fingerprint density at radius 2 is 1.95 bits per heavy atom. The Labute approximate surface area is 119 Å². The average Bonchev–Trinajstić information content (AvgIpc) is 2.47. The molecule has 2 unspecified atom stereocenters. The molecule has 20 heavy (non-hydrogen) atoms. The van der Waals surface area contributed by atoms with Crippen LogP contribution in [0.15, 0.2) is 0 Å². The number of carbonyl (C=O) groups excluding carboxylic acids is 1. The molecule has 0 aromatic heterocycles. The number of carboxylic acid groups (broad SMARTS) is 1. The molecule has 2 atom stereocenters. The number of carboxylic acids is 1. The van der Waals surface area contributed by atoms with Crippen LogP contribution < -0.4 is 0 Å². The van der Waals surface area contributed by atoms with E-state index in [9.17, 15) is 19.8 Å². The highest BCUT2D eigenvalue weighted by Gasteiger charge is 2.46. The van der Waals surface area contributed by atoms with Crippen molar-refractivity contribution >= 4 is 12.1 Å². The van der Waals surface area contributed by atoms with Crippen molar-refractivity contribution in [2.75, 3.05) is 13.1 Å². The van der Waals surface area contributed by atoms with Crippen LogP contribution in [0.4, 0.5) is 4.79 Å². The normalized spacial score (nSPS) is 27.9. The number of amides is 1.